The number of unbranched alkanes of at least 4 members (excludes halogenated alkanes) is 3. The topological polar surface area (TPSA) is 35.2 Å². The van der Waals surface area contributed by atoms with Gasteiger partial charge in [0.2, 0.25) is 0 Å². The minimum atomic E-state index is 0.210. The van der Waals surface area contributed by atoms with Gasteiger partial charge in [-0.15, -0.1) is 0 Å². The molecule has 0 rings (SSSR count). The Morgan fingerprint density at radius 2 is 1.73 bits per heavy atom. The summed E-state index contributed by atoms with van der Waals surface area (Å²) in [6, 6.07) is 0.210. The molecule has 92 valence electrons. The Hall–Kier alpha value is -0.0800. The van der Waals surface area contributed by atoms with Gasteiger partial charge in [0.25, 0.3) is 0 Å². The summed E-state index contributed by atoms with van der Waals surface area (Å²) >= 11 is 0. The summed E-state index contributed by atoms with van der Waals surface area (Å²) in [6.45, 7) is 9.42. The third kappa shape index (κ3) is 6.91. The summed E-state index contributed by atoms with van der Waals surface area (Å²) in [6.07, 6.45) is 6.49. The predicted octanol–water partition coefficient (Wildman–Crippen LogP) is 3.35. The zero-order chi connectivity index (χ0) is 11.7. The lowest BCUT2D eigenvalue weighted by Gasteiger charge is -2.27. The van der Waals surface area contributed by atoms with Gasteiger partial charge in [-0.2, -0.15) is 0 Å². The van der Waals surface area contributed by atoms with Gasteiger partial charge >= 0.3 is 0 Å². The molecule has 0 bridgehead atoms. The van der Waals surface area contributed by atoms with E-state index in [1.165, 1.54) is 25.7 Å². The number of hydrogen-bond donors (Lipinski definition) is 1. The van der Waals surface area contributed by atoms with Crippen LogP contribution in [0.1, 0.15) is 59.8 Å². The van der Waals surface area contributed by atoms with Crippen molar-refractivity contribution in [3.05, 3.63) is 0 Å². The third-order valence-corrected chi connectivity index (χ3v) is 2.83. The van der Waals surface area contributed by atoms with Crippen LogP contribution < -0.4 is 5.73 Å². The molecule has 0 saturated heterocycles. The van der Waals surface area contributed by atoms with Crippen molar-refractivity contribution in [3.8, 4) is 0 Å². The van der Waals surface area contributed by atoms with Crippen LogP contribution in [0.25, 0.3) is 0 Å². The standard InChI is InChI=1S/C13H29NO/c1-5-7-8-9-10-12(14)13(11(3)4)15-6-2/h11-13H,5-10,14H2,1-4H3. The second kappa shape index (κ2) is 9.17. The first-order chi connectivity index (χ1) is 7.13. The molecule has 2 nitrogen and oxygen atoms in total. The summed E-state index contributed by atoms with van der Waals surface area (Å²) in [4.78, 5) is 0. The van der Waals surface area contributed by atoms with Crippen molar-refractivity contribution in [1.29, 1.82) is 0 Å². The van der Waals surface area contributed by atoms with Gasteiger partial charge in [0.15, 0.2) is 0 Å². The van der Waals surface area contributed by atoms with Crippen LogP contribution in [-0.4, -0.2) is 18.8 Å². The van der Waals surface area contributed by atoms with Crippen LogP contribution in [0.3, 0.4) is 0 Å². The molecule has 2 atom stereocenters. The molecule has 15 heavy (non-hydrogen) atoms. The van der Waals surface area contributed by atoms with E-state index in [0.29, 0.717) is 5.92 Å². The Morgan fingerprint density at radius 1 is 1.07 bits per heavy atom. The molecule has 0 aromatic carbocycles. The highest BCUT2D eigenvalue weighted by molar-refractivity contribution is 4.76. The first-order valence-corrected chi connectivity index (χ1v) is 6.50. The lowest BCUT2D eigenvalue weighted by atomic mass is 9.95. The first kappa shape index (κ1) is 14.9. The summed E-state index contributed by atoms with van der Waals surface area (Å²) < 4.78 is 5.70. The molecule has 2 unspecified atom stereocenters. The zero-order valence-electron chi connectivity index (χ0n) is 11.0. The van der Waals surface area contributed by atoms with Crippen molar-refractivity contribution in [3.63, 3.8) is 0 Å². The third-order valence-electron chi connectivity index (χ3n) is 2.83. The molecular formula is C13H29NO. The van der Waals surface area contributed by atoms with Crippen LogP contribution in [-0.2, 0) is 4.74 Å². The van der Waals surface area contributed by atoms with Gasteiger partial charge in [-0.1, -0.05) is 46.5 Å². The summed E-state index contributed by atoms with van der Waals surface area (Å²) in [5.74, 6) is 0.520. The number of hydrogen-bond acceptors (Lipinski definition) is 2. The normalized spacial score (nSPS) is 15.6. The molecule has 0 spiro atoms. The van der Waals surface area contributed by atoms with Gasteiger partial charge in [0.05, 0.1) is 6.10 Å². The first-order valence-electron chi connectivity index (χ1n) is 6.50. The summed E-state index contributed by atoms with van der Waals surface area (Å²) in [5, 5.41) is 0. The Bertz CT molecular complexity index is 136. The summed E-state index contributed by atoms with van der Waals surface area (Å²) in [7, 11) is 0. The zero-order valence-corrected chi connectivity index (χ0v) is 11.0. The monoisotopic (exact) mass is 215 g/mol. The minimum Gasteiger partial charge on any atom is -0.377 e. The minimum absolute atomic E-state index is 0.210. The molecule has 0 aromatic heterocycles. The molecule has 0 amide bonds. The van der Waals surface area contributed by atoms with E-state index in [9.17, 15) is 0 Å². The van der Waals surface area contributed by atoms with Crippen molar-refractivity contribution in [2.45, 2.75) is 71.9 Å². The van der Waals surface area contributed by atoms with Crippen LogP contribution in [0.4, 0.5) is 0 Å². The quantitative estimate of drug-likeness (QED) is 0.599. The van der Waals surface area contributed by atoms with Crippen molar-refractivity contribution >= 4 is 0 Å². The van der Waals surface area contributed by atoms with Gasteiger partial charge in [-0.3, -0.25) is 0 Å². The maximum absolute atomic E-state index is 6.16. The number of rotatable bonds is 9. The van der Waals surface area contributed by atoms with E-state index in [-0.39, 0.29) is 12.1 Å². The van der Waals surface area contributed by atoms with Crippen LogP contribution in [0.2, 0.25) is 0 Å². The van der Waals surface area contributed by atoms with Gasteiger partial charge in [-0.05, 0) is 19.3 Å². The number of ether oxygens (including phenoxy) is 1. The van der Waals surface area contributed by atoms with Crippen molar-refractivity contribution in [2.75, 3.05) is 6.61 Å². The Morgan fingerprint density at radius 3 is 2.20 bits per heavy atom. The van der Waals surface area contributed by atoms with Crippen molar-refractivity contribution in [2.24, 2.45) is 11.7 Å². The molecule has 2 N–H and O–H groups in total. The van der Waals surface area contributed by atoms with Crippen molar-refractivity contribution in [1.82, 2.24) is 0 Å². The highest BCUT2D eigenvalue weighted by atomic mass is 16.5. The molecular weight excluding hydrogens is 186 g/mol. The van der Waals surface area contributed by atoms with E-state index in [1.54, 1.807) is 0 Å². The molecule has 0 fully saturated rings. The molecule has 0 radical (unpaired) electrons. The van der Waals surface area contributed by atoms with E-state index in [0.717, 1.165) is 13.0 Å². The van der Waals surface area contributed by atoms with Gasteiger partial charge < -0.3 is 10.5 Å². The lowest BCUT2D eigenvalue weighted by Crippen LogP contribution is -2.40. The van der Waals surface area contributed by atoms with Crippen LogP contribution >= 0.6 is 0 Å². The molecule has 0 aromatic rings. The highest BCUT2D eigenvalue weighted by Gasteiger charge is 2.20. The van der Waals surface area contributed by atoms with E-state index in [1.807, 2.05) is 6.92 Å². The Labute approximate surface area is 95.6 Å². The summed E-state index contributed by atoms with van der Waals surface area (Å²) in [5.41, 5.74) is 6.16. The number of nitrogens with two attached hydrogens (primary N) is 1. The predicted molar refractivity (Wildman–Crippen MR) is 67.0 cm³/mol. The fourth-order valence-corrected chi connectivity index (χ4v) is 1.97. The van der Waals surface area contributed by atoms with Crippen molar-refractivity contribution < 1.29 is 4.74 Å². The Balaban J connectivity index is 3.76. The van der Waals surface area contributed by atoms with Crippen LogP contribution in [0, 0.1) is 5.92 Å². The highest BCUT2D eigenvalue weighted by Crippen LogP contribution is 2.15. The molecule has 0 saturated carbocycles. The second-order valence-electron chi connectivity index (χ2n) is 4.68. The average molecular weight is 215 g/mol. The molecule has 0 heterocycles. The Kier molecular flexibility index (Phi) is 9.12. The van der Waals surface area contributed by atoms with Gasteiger partial charge in [0, 0.05) is 12.6 Å². The smallest absolute Gasteiger partial charge is 0.0748 e. The fourth-order valence-electron chi connectivity index (χ4n) is 1.97. The SMILES string of the molecule is CCCCCCC(N)C(OCC)C(C)C. The van der Waals surface area contributed by atoms with Gasteiger partial charge in [-0.25, -0.2) is 0 Å². The maximum atomic E-state index is 6.16. The maximum Gasteiger partial charge on any atom is 0.0748 e. The largest absolute Gasteiger partial charge is 0.377 e. The molecule has 0 aliphatic carbocycles. The van der Waals surface area contributed by atoms with E-state index < -0.39 is 0 Å². The molecule has 2 heteroatoms. The lowest BCUT2D eigenvalue weighted by molar-refractivity contribution is 0.0104. The van der Waals surface area contributed by atoms with E-state index >= 15 is 0 Å². The van der Waals surface area contributed by atoms with E-state index in [2.05, 4.69) is 20.8 Å². The average Bonchev–Trinajstić information content (AvgIpc) is 2.20. The van der Waals surface area contributed by atoms with Crippen LogP contribution in [0.5, 0.6) is 0 Å². The van der Waals surface area contributed by atoms with Gasteiger partial charge in [0.1, 0.15) is 0 Å². The second-order valence-corrected chi connectivity index (χ2v) is 4.68. The fraction of sp³-hybridized carbons (Fsp3) is 1.00. The molecule has 0 aliphatic heterocycles. The molecule has 0 aliphatic rings. The van der Waals surface area contributed by atoms with Crippen LogP contribution in [0.15, 0.2) is 0 Å². The van der Waals surface area contributed by atoms with E-state index in [4.69, 9.17) is 10.5 Å².